The number of thiophene rings is 1. The Morgan fingerprint density at radius 2 is 2.07 bits per heavy atom. The average molecular weight is 414 g/mol. The summed E-state index contributed by atoms with van der Waals surface area (Å²) in [6.45, 7) is 3.88. The first-order valence-corrected chi connectivity index (χ1v) is 11.2. The Bertz CT molecular complexity index is 1100. The molecule has 0 bridgehead atoms. The normalized spacial score (nSPS) is 15.6. The van der Waals surface area contributed by atoms with E-state index in [1.807, 2.05) is 12.3 Å². The number of anilines is 1. The fraction of sp³-hybridized carbons (Fsp3) is 0.318. The number of piperidine rings is 1. The van der Waals surface area contributed by atoms with Gasteiger partial charge in [0.1, 0.15) is 19.3 Å². The van der Waals surface area contributed by atoms with Crippen LogP contribution >= 0.6 is 11.3 Å². The number of aromatic nitrogens is 4. The second-order valence-corrected chi connectivity index (χ2v) is 8.58. The highest BCUT2D eigenvalue weighted by molar-refractivity contribution is 7.07. The third kappa shape index (κ3) is 4.11. The van der Waals surface area contributed by atoms with Crippen LogP contribution in [0.2, 0.25) is 0 Å². The zero-order valence-corrected chi connectivity index (χ0v) is 17.6. The van der Waals surface area contributed by atoms with E-state index in [1.165, 1.54) is 5.56 Å². The molecule has 6 nitrogen and oxygen atoms in total. The van der Waals surface area contributed by atoms with Gasteiger partial charge in [-0.3, -0.25) is 9.88 Å². The van der Waals surface area contributed by atoms with Crippen molar-refractivity contribution in [2.75, 3.05) is 18.4 Å². The van der Waals surface area contributed by atoms with E-state index >= 15 is 0 Å². The SMILES string of the molecule is [B]c1cnn2c(NCc3cccnc3)cc(C3CCN(Cc4ccsc4)CC3)nc12. The fourth-order valence-electron chi connectivity index (χ4n) is 4.06. The van der Waals surface area contributed by atoms with Gasteiger partial charge in [0.2, 0.25) is 0 Å². The Morgan fingerprint density at radius 3 is 2.83 bits per heavy atom. The molecule has 0 aromatic carbocycles. The number of hydrogen-bond donors (Lipinski definition) is 1. The van der Waals surface area contributed by atoms with E-state index in [4.69, 9.17) is 12.8 Å². The number of likely N-dealkylation sites (tertiary alicyclic amines) is 1. The van der Waals surface area contributed by atoms with Gasteiger partial charge in [-0.2, -0.15) is 21.0 Å². The summed E-state index contributed by atoms with van der Waals surface area (Å²) < 4.78 is 1.79. The lowest BCUT2D eigenvalue weighted by atomic mass is 9.92. The molecule has 1 aliphatic heterocycles. The van der Waals surface area contributed by atoms with Crippen LogP contribution in [0, 0.1) is 0 Å². The van der Waals surface area contributed by atoms with Crippen LogP contribution in [0.5, 0.6) is 0 Å². The van der Waals surface area contributed by atoms with Crippen molar-refractivity contribution in [3.8, 4) is 0 Å². The molecular formula is C22H23BN6S. The van der Waals surface area contributed by atoms with Crippen molar-refractivity contribution in [2.45, 2.75) is 31.8 Å². The van der Waals surface area contributed by atoms with Crippen molar-refractivity contribution in [1.29, 1.82) is 0 Å². The first kappa shape index (κ1) is 19.3. The Hall–Kier alpha value is -2.71. The van der Waals surface area contributed by atoms with E-state index in [0.29, 0.717) is 17.9 Å². The maximum absolute atomic E-state index is 6.16. The second kappa shape index (κ2) is 8.57. The van der Waals surface area contributed by atoms with Crippen molar-refractivity contribution in [1.82, 2.24) is 24.5 Å². The molecule has 5 heterocycles. The predicted octanol–water partition coefficient (Wildman–Crippen LogP) is 2.97. The van der Waals surface area contributed by atoms with Crippen LogP contribution < -0.4 is 10.8 Å². The van der Waals surface area contributed by atoms with Crippen LogP contribution in [-0.4, -0.2) is 45.4 Å². The smallest absolute Gasteiger partial charge is 0.150 e. The van der Waals surface area contributed by atoms with Gasteiger partial charge >= 0.3 is 0 Å². The molecular weight excluding hydrogens is 391 g/mol. The van der Waals surface area contributed by atoms with Gasteiger partial charge in [0.05, 0.1) is 0 Å². The quantitative estimate of drug-likeness (QED) is 0.492. The molecule has 8 heteroatoms. The second-order valence-electron chi connectivity index (χ2n) is 7.80. The molecule has 5 rings (SSSR count). The highest BCUT2D eigenvalue weighted by Crippen LogP contribution is 2.29. The molecule has 1 N–H and O–H groups in total. The monoisotopic (exact) mass is 414 g/mol. The molecule has 1 saturated heterocycles. The summed E-state index contributed by atoms with van der Waals surface area (Å²) in [6.07, 6.45) is 7.52. The Labute approximate surface area is 181 Å². The molecule has 1 aliphatic rings. The van der Waals surface area contributed by atoms with Gasteiger partial charge < -0.3 is 5.32 Å². The lowest BCUT2D eigenvalue weighted by Crippen LogP contribution is -2.32. The van der Waals surface area contributed by atoms with E-state index in [1.54, 1.807) is 28.2 Å². The summed E-state index contributed by atoms with van der Waals surface area (Å²) in [6, 6.07) is 8.35. The summed E-state index contributed by atoms with van der Waals surface area (Å²) in [7, 11) is 6.16. The Morgan fingerprint density at radius 1 is 1.17 bits per heavy atom. The van der Waals surface area contributed by atoms with Gasteiger partial charge in [-0.1, -0.05) is 6.07 Å². The van der Waals surface area contributed by atoms with Gasteiger partial charge in [0.25, 0.3) is 0 Å². The Kier molecular flexibility index (Phi) is 5.51. The van der Waals surface area contributed by atoms with E-state index < -0.39 is 0 Å². The zero-order chi connectivity index (χ0) is 20.3. The molecule has 0 amide bonds. The van der Waals surface area contributed by atoms with E-state index in [0.717, 1.165) is 55.2 Å². The van der Waals surface area contributed by atoms with Crippen LogP contribution in [-0.2, 0) is 13.1 Å². The van der Waals surface area contributed by atoms with Crippen molar-refractivity contribution < 1.29 is 0 Å². The number of rotatable bonds is 6. The maximum Gasteiger partial charge on any atom is 0.150 e. The lowest BCUT2D eigenvalue weighted by Gasteiger charge is -2.31. The van der Waals surface area contributed by atoms with Gasteiger partial charge in [0.15, 0.2) is 0 Å². The summed E-state index contributed by atoms with van der Waals surface area (Å²) in [5.41, 5.74) is 4.95. The van der Waals surface area contributed by atoms with Gasteiger partial charge in [-0.15, -0.1) is 0 Å². The highest BCUT2D eigenvalue weighted by Gasteiger charge is 2.23. The summed E-state index contributed by atoms with van der Waals surface area (Å²) in [5, 5.41) is 12.3. The number of nitrogens with one attached hydrogen (secondary N) is 1. The molecule has 0 atom stereocenters. The molecule has 0 spiro atoms. The van der Waals surface area contributed by atoms with Gasteiger partial charge in [0, 0.05) is 49.4 Å². The highest BCUT2D eigenvalue weighted by atomic mass is 32.1. The first-order chi connectivity index (χ1) is 14.8. The summed E-state index contributed by atoms with van der Waals surface area (Å²) >= 11 is 1.77. The minimum absolute atomic E-state index is 0.432. The van der Waals surface area contributed by atoms with Crippen molar-refractivity contribution in [2.24, 2.45) is 0 Å². The molecule has 1 fully saturated rings. The van der Waals surface area contributed by atoms with Crippen molar-refractivity contribution >= 4 is 36.1 Å². The third-order valence-corrected chi connectivity index (χ3v) is 6.44. The molecule has 4 aromatic heterocycles. The van der Waals surface area contributed by atoms with E-state index in [9.17, 15) is 0 Å². The number of nitrogens with zero attached hydrogens (tertiary/aromatic N) is 5. The van der Waals surface area contributed by atoms with Crippen LogP contribution in [0.1, 0.15) is 35.6 Å². The summed E-state index contributed by atoms with van der Waals surface area (Å²) in [5.74, 6) is 1.35. The zero-order valence-electron chi connectivity index (χ0n) is 16.7. The summed E-state index contributed by atoms with van der Waals surface area (Å²) in [4.78, 5) is 11.6. The predicted molar refractivity (Wildman–Crippen MR) is 122 cm³/mol. The first-order valence-electron chi connectivity index (χ1n) is 10.3. The molecule has 0 aliphatic carbocycles. The van der Waals surface area contributed by atoms with Crippen LogP contribution in [0.4, 0.5) is 5.82 Å². The standard InChI is InChI=1S/C22H23BN6S/c23-19-13-26-29-21(25-12-16-2-1-6-24-11-16)10-20(27-22(19)29)18-3-7-28(8-4-18)14-17-5-9-30-15-17/h1-2,5-6,9-11,13,15,18,25H,3-4,7-8,12,14H2. The van der Waals surface area contributed by atoms with E-state index in [2.05, 4.69) is 49.3 Å². The van der Waals surface area contributed by atoms with Gasteiger partial charge in [-0.05, 0) is 65.4 Å². The van der Waals surface area contributed by atoms with Crippen molar-refractivity contribution in [3.05, 3.63) is 70.4 Å². The molecule has 30 heavy (non-hydrogen) atoms. The van der Waals surface area contributed by atoms with Gasteiger partial charge in [-0.25, -0.2) is 4.98 Å². The minimum Gasteiger partial charge on any atom is -0.366 e. The molecule has 4 aromatic rings. The third-order valence-electron chi connectivity index (χ3n) is 5.71. The molecule has 150 valence electrons. The maximum atomic E-state index is 6.16. The number of fused-ring (bicyclic) bond motifs is 1. The molecule has 0 saturated carbocycles. The lowest BCUT2D eigenvalue weighted by molar-refractivity contribution is 0.203. The fourth-order valence-corrected chi connectivity index (χ4v) is 4.72. The van der Waals surface area contributed by atoms with E-state index in [-0.39, 0.29) is 0 Å². The van der Waals surface area contributed by atoms with Crippen LogP contribution in [0.25, 0.3) is 5.65 Å². The molecule has 0 unspecified atom stereocenters. The topological polar surface area (TPSA) is 58.4 Å². The minimum atomic E-state index is 0.432. The largest absolute Gasteiger partial charge is 0.366 e. The number of pyridine rings is 1. The van der Waals surface area contributed by atoms with Crippen LogP contribution in [0.3, 0.4) is 0 Å². The number of hydrogen-bond acceptors (Lipinski definition) is 6. The average Bonchev–Trinajstić information content (AvgIpc) is 3.43. The van der Waals surface area contributed by atoms with Crippen LogP contribution in [0.15, 0.2) is 53.6 Å². The Balaban J connectivity index is 1.33. The molecule has 2 radical (unpaired) electrons. The van der Waals surface area contributed by atoms with Crippen molar-refractivity contribution in [3.63, 3.8) is 0 Å².